The van der Waals surface area contributed by atoms with Gasteiger partial charge in [-0.2, -0.15) is 17.6 Å². The maximum Gasteiger partial charge on any atom is 0.283 e. The molecule has 3 aromatic rings. The molecule has 7 nitrogen and oxygen atoms in total. The number of nitrogens with zero attached hydrogens (tertiary/aromatic N) is 3. The van der Waals surface area contributed by atoms with Gasteiger partial charge in [-0.05, 0) is 45.0 Å². The number of aromatic nitrogens is 2. The van der Waals surface area contributed by atoms with Gasteiger partial charge in [0.25, 0.3) is 15.7 Å². The minimum Gasteiger partial charge on any atom is -0.258 e. The van der Waals surface area contributed by atoms with E-state index >= 15 is 0 Å². The van der Waals surface area contributed by atoms with Crippen LogP contribution in [0, 0.1) is 30.9 Å². The van der Waals surface area contributed by atoms with Crippen LogP contribution in [0.4, 0.5) is 5.69 Å². The molecule has 0 aliphatic heterocycles. The lowest BCUT2D eigenvalue weighted by Gasteiger charge is -2.07. The number of non-ortho nitro benzene ring substituents is 1. The highest BCUT2D eigenvalue weighted by molar-refractivity contribution is 7.99. The fourth-order valence-electron chi connectivity index (χ4n) is 2.55. The standard InChI is InChI=1S/C18H17N3O4S2/c1-12-4-8-16(9-5-12)26-18-13(2)19-20(14(18)3)27(24,25)17-10-6-15(7-11-17)21(22)23/h4-11H,1-3H3. The van der Waals surface area contributed by atoms with Gasteiger partial charge in [-0.25, -0.2) is 0 Å². The minimum absolute atomic E-state index is 0.0504. The number of rotatable bonds is 5. The summed E-state index contributed by atoms with van der Waals surface area (Å²) in [7, 11) is -3.94. The first kappa shape index (κ1) is 19.1. The largest absolute Gasteiger partial charge is 0.283 e. The molecule has 0 radical (unpaired) electrons. The Hall–Kier alpha value is -2.65. The third-order valence-corrected chi connectivity index (χ3v) is 6.98. The number of benzene rings is 2. The molecule has 140 valence electrons. The van der Waals surface area contributed by atoms with Crippen molar-refractivity contribution in [1.82, 2.24) is 9.19 Å². The number of nitro groups is 1. The third-order valence-electron chi connectivity index (χ3n) is 4.00. The summed E-state index contributed by atoms with van der Waals surface area (Å²) in [5, 5.41) is 15.0. The van der Waals surface area contributed by atoms with Crippen LogP contribution in [0.25, 0.3) is 0 Å². The highest BCUT2D eigenvalue weighted by Crippen LogP contribution is 2.34. The first-order valence-corrected chi connectivity index (χ1v) is 10.3. The molecule has 1 heterocycles. The van der Waals surface area contributed by atoms with Crippen molar-refractivity contribution in [3.05, 3.63) is 75.6 Å². The second kappa shape index (κ2) is 7.16. The fraction of sp³-hybridized carbons (Fsp3) is 0.167. The summed E-state index contributed by atoms with van der Waals surface area (Å²) in [4.78, 5) is 11.9. The highest BCUT2D eigenvalue weighted by atomic mass is 32.2. The van der Waals surface area contributed by atoms with Gasteiger partial charge in [0.05, 0.1) is 26.1 Å². The lowest BCUT2D eigenvalue weighted by molar-refractivity contribution is -0.384. The molecule has 0 unspecified atom stereocenters. The van der Waals surface area contributed by atoms with E-state index < -0.39 is 14.9 Å². The van der Waals surface area contributed by atoms with Gasteiger partial charge in [-0.15, -0.1) is 0 Å². The van der Waals surface area contributed by atoms with Gasteiger partial charge in [0.1, 0.15) is 0 Å². The maximum atomic E-state index is 12.9. The van der Waals surface area contributed by atoms with Gasteiger partial charge < -0.3 is 0 Å². The van der Waals surface area contributed by atoms with Crippen molar-refractivity contribution in [2.75, 3.05) is 0 Å². The summed E-state index contributed by atoms with van der Waals surface area (Å²) >= 11 is 1.45. The van der Waals surface area contributed by atoms with E-state index in [-0.39, 0.29) is 10.6 Å². The molecule has 0 saturated heterocycles. The topological polar surface area (TPSA) is 95.1 Å². The molecule has 0 aliphatic rings. The summed E-state index contributed by atoms with van der Waals surface area (Å²) in [5.41, 5.74) is 2.07. The van der Waals surface area contributed by atoms with E-state index in [1.54, 1.807) is 13.8 Å². The molecule has 2 aromatic carbocycles. The van der Waals surface area contributed by atoms with Crippen LogP contribution in [0.1, 0.15) is 17.0 Å². The van der Waals surface area contributed by atoms with E-state index in [1.807, 2.05) is 31.2 Å². The summed E-state index contributed by atoms with van der Waals surface area (Å²) in [5.74, 6) is 0. The Bertz CT molecular complexity index is 1100. The zero-order valence-electron chi connectivity index (χ0n) is 14.9. The van der Waals surface area contributed by atoms with Gasteiger partial charge in [0, 0.05) is 17.0 Å². The molecule has 1 aromatic heterocycles. The molecule has 3 rings (SSSR count). The van der Waals surface area contributed by atoms with E-state index in [1.165, 1.54) is 36.0 Å². The normalized spacial score (nSPS) is 11.5. The minimum atomic E-state index is -3.94. The van der Waals surface area contributed by atoms with Crippen molar-refractivity contribution in [3.8, 4) is 0 Å². The maximum absolute atomic E-state index is 12.9. The smallest absolute Gasteiger partial charge is 0.258 e. The van der Waals surface area contributed by atoms with Crippen LogP contribution in [-0.4, -0.2) is 22.5 Å². The van der Waals surface area contributed by atoms with Crippen molar-refractivity contribution in [2.24, 2.45) is 0 Å². The van der Waals surface area contributed by atoms with Gasteiger partial charge in [-0.1, -0.05) is 29.5 Å². The summed E-state index contributed by atoms with van der Waals surface area (Å²) in [6.45, 7) is 5.45. The lowest BCUT2D eigenvalue weighted by Crippen LogP contribution is -2.16. The molecule has 0 aliphatic carbocycles. The predicted molar refractivity (Wildman–Crippen MR) is 103 cm³/mol. The molecule has 0 amide bonds. The zero-order chi connectivity index (χ0) is 19.8. The molecular weight excluding hydrogens is 386 g/mol. The Morgan fingerprint density at radius 2 is 1.59 bits per heavy atom. The van der Waals surface area contributed by atoms with Crippen molar-refractivity contribution in [2.45, 2.75) is 35.5 Å². The van der Waals surface area contributed by atoms with Crippen molar-refractivity contribution < 1.29 is 13.3 Å². The molecule has 9 heteroatoms. The Balaban J connectivity index is 1.99. The second-order valence-electron chi connectivity index (χ2n) is 6.01. The third kappa shape index (κ3) is 3.74. The van der Waals surface area contributed by atoms with Gasteiger partial charge in [-0.3, -0.25) is 10.1 Å². The first-order chi connectivity index (χ1) is 12.7. The van der Waals surface area contributed by atoms with Crippen molar-refractivity contribution in [3.63, 3.8) is 0 Å². The summed E-state index contributed by atoms with van der Waals surface area (Å²) in [6.07, 6.45) is 0. The fourth-order valence-corrected chi connectivity index (χ4v) is 4.90. The van der Waals surface area contributed by atoms with Crippen LogP contribution in [0.3, 0.4) is 0 Å². The summed E-state index contributed by atoms with van der Waals surface area (Å²) in [6, 6.07) is 12.7. The molecule has 0 atom stereocenters. The zero-order valence-corrected chi connectivity index (χ0v) is 16.5. The van der Waals surface area contributed by atoms with E-state index in [4.69, 9.17) is 0 Å². The van der Waals surface area contributed by atoms with Crippen LogP contribution in [0.2, 0.25) is 0 Å². The molecule has 0 bridgehead atoms. The molecular formula is C18H17N3O4S2. The second-order valence-corrected chi connectivity index (χ2v) is 8.87. The molecule has 0 saturated carbocycles. The van der Waals surface area contributed by atoms with E-state index in [0.717, 1.165) is 19.4 Å². The van der Waals surface area contributed by atoms with Gasteiger partial charge in [0.2, 0.25) is 0 Å². The number of aryl methyl sites for hydroxylation is 2. The Kier molecular flexibility index (Phi) is 5.07. The van der Waals surface area contributed by atoms with Crippen LogP contribution in [0.15, 0.2) is 63.2 Å². The SMILES string of the molecule is Cc1ccc(Sc2c(C)nn(S(=O)(=O)c3ccc([N+](=O)[O-])cc3)c2C)cc1. The molecule has 0 fully saturated rings. The first-order valence-electron chi connectivity index (χ1n) is 8.01. The molecule has 0 N–H and O–H groups in total. The van der Waals surface area contributed by atoms with Crippen molar-refractivity contribution >= 4 is 27.5 Å². The Morgan fingerprint density at radius 1 is 1.00 bits per heavy atom. The number of hydrogen-bond acceptors (Lipinski definition) is 6. The van der Waals surface area contributed by atoms with Gasteiger partial charge in [0.15, 0.2) is 0 Å². The number of nitro benzene ring substituents is 1. The highest BCUT2D eigenvalue weighted by Gasteiger charge is 2.24. The quantitative estimate of drug-likeness (QED) is 0.470. The van der Waals surface area contributed by atoms with Crippen LogP contribution in [-0.2, 0) is 10.0 Å². The lowest BCUT2D eigenvalue weighted by atomic mass is 10.2. The Labute approximate surface area is 161 Å². The van der Waals surface area contributed by atoms with Crippen LogP contribution >= 0.6 is 11.8 Å². The van der Waals surface area contributed by atoms with Gasteiger partial charge >= 0.3 is 0 Å². The van der Waals surface area contributed by atoms with Crippen LogP contribution < -0.4 is 0 Å². The van der Waals surface area contributed by atoms with E-state index in [2.05, 4.69) is 5.10 Å². The monoisotopic (exact) mass is 403 g/mol. The molecule has 0 spiro atoms. The predicted octanol–water partition coefficient (Wildman–Crippen LogP) is 4.10. The Morgan fingerprint density at radius 3 is 2.15 bits per heavy atom. The average molecular weight is 403 g/mol. The van der Waals surface area contributed by atoms with E-state index in [9.17, 15) is 18.5 Å². The van der Waals surface area contributed by atoms with E-state index in [0.29, 0.717) is 11.4 Å². The number of hydrogen-bond donors (Lipinski definition) is 0. The molecule has 27 heavy (non-hydrogen) atoms. The average Bonchev–Trinajstić information content (AvgIpc) is 2.92. The van der Waals surface area contributed by atoms with Crippen molar-refractivity contribution in [1.29, 1.82) is 0 Å². The van der Waals surface area contributed by atoms with Crippen LogP contribution in [0.5, 0.6) is 0 Å². The summed E-state index contributed by atoms with van der Waals surface area (Å²) < 4.78 is 26.8.